The van der Waals surface area contributed by atoms with Crippen LogP contribution in [-0.2, 0) is 19.1 Å². The Bertz CT molecular complexity index is 1230. The van der Waals surface area contributed by atoms with Crippen LogP contribution in [0.2, 0.25) is 0 Å². The van der Waals surface area contributed by atoms with Crippen LogP contribution in [-0.4, -0.2) is 50.9 Å². The maximum atomic E-state index is 13.6. The zero-order chi connectivity index (χ0) is 27.8. The number of ether oxygens (including phenoxy) is 2. The molecular weight excluding hydrogens is 502 g/mol. The number of aliphatic hydroxyl groups excluding tert-OH is 2. The van der Waals surface area contributed by atoms with Gasteiger partial charge in [0.15, 0.2) is 0 Å². The molecule has 0 unspecified atom stereocenters. The van der Waals surface area contributed by atoms with Crippen LogP contribution >= 0.6 is 11.3 Å². The predicted molar refractivity (Wildman–Crippen MR) is 146 cm³/mol. The summed E-state index contributed by atoms with van der Waals surface area (Å²) in [6.07, 6.45) is 5.15. The summed E-state index contributed by atoms with van der Waals surface area (Å²) in [5.41, 5.74) is 0.0315. The van der Waals surface area contributed by atoms with Crippen LogP contribution in [0.3, 0.4) is 0 Å². The van der Waals surface area contributed by atoms with Gasteiger partial charge in [0.05, 0.1) is 56.9 Å². The van der Waals surface area contributed by atoms with Crippen molar-refractivity contribution >= 4 is 33.3 Å². The molecule has 0 aliphatic carbocycles. The summed E-state index contributed by atoms with van der Waals surface area (Å²) in [5, 5.41) is 23.1. The van der Waals surface area contributed by atoms with E-state index in [0.29, 0.717) is 12.8 Å². The lowest BCUT2D eigenvalue weighted by Crippen LogP contribution is -2.46. The third kappa shape index (κ3) is 5.96. The van der Waals surface area contributed by atoms with E-state index in [2.05, 4.69) is 17.8 Å². The molecule has 2 fully saturated rings. The van der Waals surface area contributed by atoms with Gasteiger partial charge in [-0.2, -0.15) is 0 Å². The Labute approximate surface area is 228 Å². The maximum Gasteiger partial charge on any atom is 0.309 e. The largest absolute Gasteiger partial charge is 0.457 e. The number of carbonyl (C=O) groups is 2. The molecule has 7 nitrogen and oxygen atoms in total. The number of thiazole rings is 1. The molecule has 8 heteroatoms. The van der Waals surface area contributed by atoms with Crippen LogP contribution in [0.15, 0.2) is 18.2 Å². The van der Waals surface area contributed by atoms with Crippen LogP contribution in [0.25, 0.3) is 10.2 Å². The molecule has 3 heterocycles. The number of ketones is 1. The van der Waals surface area contributed by atoms with Crippen molar-refractivity contribution in [3.63, 3.8) is 0 Å². The Balaban J connectivity index is 1.63. The number of Topliss-reactive ketones (excluding diaryl/α,β-unsaturated/α-hetero) is 1. The monoisotopic (exact) mass is 541 g/mol. The third-order valence-corrected chi connectivity index (χ3v) is 9.41. The first-order valence-corrected chi connectivity index (χ1v) is 14.3. The molecule has 0 amide bonds. The molecule has 7 atom stereocenters. The Morgan fingerprint density at radius 2 is 1.97 bits per heavy atom. The second-order valence-corrected chi connectivity index (χ2v) is 13.0. The van der Waals surface area contributed by atoms with Crippen LogP contribution in [0.5, 0.6) is 0 Å². The van der Waals surface area contributed by atoms with E-state index < -0.39 is 35.6 Å². The molecule has 2 aliphatic heterocycles. The average molecular weight is 542 g/mol. The number of esters is 1. The number of terminal acetylenes is 1. The van der Waals surface area contributed by atoms with Gasteiger partial charge in [0, 0.05) is 12.8 Å². The second kappa shape index (κ2) is 11.1. The number of hydrogen-bond acceptors (Lipinski definition) is 8. The van der Waals surface area contributed by atoms with Crippen LogP contribution in [0, 0.1) is 36.5 Å². The van der Waals surface area contributed by atoms with Crippen molar-refractivity contribution in [1.29, 1.82) is 0 Å². The molecule has 1 aromatic heterocycles. The van der Waals surface area contributed by atoms with Crippen LogP contribution < -0.4 is 0 Å². The molecule has 2 saturated heterocycles. The fourth-order valence-electron chi connectivity index (χ4n) is 5.61. The fraction of sp³-hybridized carbons (Fsp3) is 0.633. The summed E-state index contributed by atoms with van der Waals surface area (Å²) in [4.78, 5) is 31.3. The lowest BCUT2D eigenvalue weighted by atomic mass is 9.71. The number of aromatic nitrogens is 1. The number of fused-ring (bicyclic) bond motifs is 2. The van der Waals surface area contributed by atoms with Gasteiger partial charge in [-0.15, -0.1) is 23.7 Å². The van der Waals surface area contributed by atoms with Gasteiger partial charge in [-0.1, -0.05) is 33.3 Å². The van der Waals surface area contributed by atoms with Gasteiger partial charge < -0.3 is 19.7 Å². The van der Waals surface area contributed by atoms with Crippen molar-refractivity contribution in [2.45, 2.75) is 103 Å². The van der Waals surface area contributed by atoms with Gasteiger partial charge in [0.2, 0.25) is 0 Å². The highest BCUT2D eigenvalue weighted by atomic mass is 32.1. The van der Waals surface area contributed by atoms with E-state index >= 15 is 0 Å². The maximum absolute atomic E-state index is 13.6. The summed E-state index contributed by atoms with van der Waals surface area (Å²) in [6.45, 7) is 9.13. The van der Waals surface area contributed by atoms with E-state index in [1.807, 2.05) is 32.0 Å². The minimum Gasteiger partial charge on any atom is -0.457 e. The van der Waals surface area contributed by atoms with E-state index in [1.165, 1.54) is 0 Å². The molecule has 1 aromatic carbocycles. The summed E-state index contributed by atoms with van der Waals surface area (Å²) in [7, 11) is 0. The summed E-state index contributed by atoms with van der Waals surface area (Å²) in [5.74, 6) is 0.573. The Morgan fingerprint density at radius 1 is 1.24 bits per heavy atom. The number of nitrogens with zero attached hydrogens (tertiary/aromatic N) is 1. The Hall–Kier alpha value is -2.31. The van der Waals surface area contributed by atoms with Crippen molar-refractivity contribution in [2.75, 3.05) is 0 Å². The predicted octanol–water partition coefficient (Wildman–Crippen LogP) is 4.90. The molecule has 4 rings (SSSR count). The van der Waals surface area contributed by atoms with E-state index in [-0.39, 0.29) is 36.2 Å². The van der Waals surface area contributed by atoms with Gasteiger partial charge in [0.25, 0.3) is 0 Å². The minimum atomic E-state index is -1.30. The molecule has 0 spiro atoms. The molecule has 2 aliphatic rings. The van der Waals surface area contributed by atoms with Gasteiger partial charge in [-0.25, -0.2) is 4.98 Å². The zero-order valence-corrected chi connectivity index (χ0v) is 23.7. The molecule has 206 valence electrons. The number of benzene rings is 1. The van der Waals surface area contributed by atoms with Crippen molar-refractivity contribution < 1.29 is 29.3 Å². The topological polar surface area (TPSA) is 109 Å². The quantitative estimate of drug-likeness (QED) is 0.316. The molecule has 0 radical (unpaired) electrons. The van der Waals surface area contributed by atoms with Crippen LogP contribution in [0.1, 0.15) is 82.9 Å². The van der Waals surface area contributed by atoms with Gasteiger partial charge in [-0.3, -0.25) is 9.59 Å². The molecular formula is C30H39NO6S. The van der Waals surface area contributed by atoms with Gasteiger partial charge in [0.1, 0.15) is 11.9 Å². The molecule has 2 aromatic rings. The van der Waals surface area contributed by atoms with E-state index in [4.69, 9.17) is 15.9 Å². The Kier molecular flexibility index (Phi) is 8.34. The first-order valence-electron chi connectivity index (χ1n) is 13.4. The van der Waals surface area contributed by atoms with E-state index in [1.54, 1.807) is 25.2 Å². The summed E-state index contributed by atoms with van der Waals surface area (Å²) >= 11 is 1.61. The second-order valence-electron chi connectivity index (χ2n) is 11.8. The number of aliphatic hydroxyl groups is 2. The van der Waals surface area contributed by atoms with E-state index in [0.717, 1.165) is 33.6 Å². The number of cyclic esters (lactones) is 1. The number of aryl methyl sites for hydroxylation is 1. The highest BCUT2D eigenvalue weighted by molar-refractivity contribution is 7.18. The third-order valence-electron chi connectivity index (χ3n) is 8.46. The zero-order valence-electron chi connectivity index (χ0n) is 22.9. The molecule has 0 bridgehead atoms. The lowest BCUT2D eigenvalue weighted by molar-refractivity contribution is -0.156. The first-order chi connectivity index (χ1) is 17.9. The summed E-state index contributed by atoms with van der Waals surface area (Å²) in [6, 6.07) is 5.89. The number of hydrogen-bond donors (Lipinski definition) is 2. The number of epoxide rings is 1. The molecule has 2 N–H and O–H groups in total. The summed E-state index contributed by atoms with van der Waals surface area (Å²) < 4.78 is 13.1. The van der Waals surface area contributed by atoms with Crippen molar-refractivity contribution in [3.8, 4) is 12.3 Å². The van der Waals surface area contributed by atoms with E-state index in [9.17, 15) is 19.8 Å². The van der Waals surface area contributed by atoms with Crippen LogP contribution in [0.4, 0.5) is 0 Å². The smallest absolute Gasteiger partial charge is 0.309 e. The molecule has 38 heavy (non-hydrogen) atoms. The highest BCUT2D eigenvalue weighted by Gasteiger charge is 2.53. The van der Waals surface area contributed by atoms with Crippen molar-refractivity contribution in [3.05, 3.63) is 28.8 Å². The normalized spacial score (nSPS) is 34.8. The van der Waals surface area contributed by atoms with Crippen molar-refractivity contribution in [1.82, 2.24) is 4.98 Å². The standard InChI is InChI=1S/C30H39NO6S/c1-7-9-20-27(34)17(2)10-8-13-30(6)25(37-30)15-22(19-11-12-23-21(14-19)31-18(3)38-23)36-26(33)16-24(32)29(4,5)28(20)35/h1,11-12,14,17,20,22,24-25,27,32,34H,8-10,13,15-16H2,2-6H3/t17-,20+,22-,24-,25+,27-,30-/m0/s1. The lowest BCUT2D eigenvalue weighted by Gasteiger charge is -2.35. The molecule has 0 saturated carbocycles. The average Bonchev–Trinajstić information content (AvgIpc) is 3.32. The SMILES string of the molecule is C#CC[C@H]1C(=O)C(C)(C)[C@@H](O)CC(=O)O[C@H](c2ccc3sc(C)nc3c2)C[C@H]2O[C@@]2(C)CCC[C@H](C)[C@@H]1O. The highest BCUT2D eigenvalue weighted by Crippen LogP contribution is 2.47. The Morgan fingerprint density at radius 3 is 2.68 bits per heavy atom. The minimum absolute atomic E-state index is 0.0640. The van der Waals surface area contributed by atoms with Gasteiger partial charge in [-0.05, 0) is 50.3 Å². The number of rotatable bonds is 2. The van der Waals surface area contributed by atoms with Crippen molar-refractivity contribution in [2.24, 2.45) is 17.3 Å². The number of carbonyl (C=O) groups excluding carboxylic acids is 2. The van der Waals surface area contributed by atoms with Gasteiger partial charge >= 0.3 is 5.97 Å². The first kappa shape index (κ1) is 28.7. The fourth-order valence-corrected chi connectivity index (χ4v) is 6.42.